The van der Waals surface area contributed by atoms with Gasteiger partial charge in [0.25, 0.3) is 5.91 Å². The minimum absolute atomic E-state index is 0.00897. The van der Waals surface area contributed by atoms with Crippen LogP contribution in [0.2, 0.25) is 0 Å². The van der Waals surface area contributed by atoms with Crippen LogP contribution in [-0.4, -0.2) is 53.2 Å². The first kappa shape index (κ1) is 16.0. The Balaban J connectivity index is 1.63. The normalized spacial score (nSPS) is 17.2. The average molecular weight is 331 g/mol. The zero-order valence-corrected chi connectivity index (χ0v) is 14.2. The van der Waals surface area contributed by atoms with E-state index in [0.717, 1.165) is 25.1 Å². The predicted molar refractivity (Wildman–Crippen MR) is 91.1 cm³/mol. The van der Waals surface area contributed by atoms with Crippen molar-refractivity contribution >= 4 is 23.5 Å². The number of nitrogens with one attached hydrogen (secondary N) is 1. The number of piperazine rings is 1. The van der Waals surface area contributed by atoms with Gasteiger partial charge in [0, 0.05) is 37.9 Å². The molecule has 3 rings (SSSR count). The van der Waals surface area contributed by atoms with Crippen molar-refractivity contribution in [2.45, 2.75) is 19.9 Å². The Hall–Kier alpha value is -1.92. The standard InChI is InChI=1S/C17H21N3O2S/c1-12-16(9-15(10-21)18-12)17(22)20-6-4-19(5-7-20)13(2)14-3-8-23-11-14/h3,8-11,13,18H,4-7H2,1-2H3/t13-/m1/s1. The monoisotopic (exact) mass is 331 g/mol. The van der Waals surface area contributed by atoms with E-state index >= 15 is 0 Å². The second-order valence-electron chi connectivity index (χ2n) is 5.94. The van der Waals surface area contributed by atoms with Crippen molar-refractivity contribution < 1.29 is 9.59 Å². The lowest BCUT2D eigenvalue weighted by Gasteiger charge is -2.38. The molecule has 1 aliphatic rings. The lowest BCUT2D eigenvalue weighted by molar-refractivity contribution is 0.0582. The minimum atomic E-state index is 0.00897. The van der Waals surface area contributed by atoms with E-state index in [-0.39, 0.29) is 5.91 Å². The quantitative estimate of drug-likeness (QED) is 0.877. The second kappa shape index (κ2) is 6.68. The molecule has 0 aliphatic carbocycles. The lowest BCUT2D eigenvalue weighted by atomic mass is 10.1. The molecule has 1 aliphatic heterocycles. The number of hydrogen-bond donors (Lipinski definition) is 1. The van der Waals surface area contributed by atoms with E-state index in [1.54, 1.807) is 17.4 Å². The highest BCUT2D eigenvalue weighted by Gasteiger charge is 2.26. The molecule has 0 radical (unpaired) electrons. The summed E-state index contributed by atoms with van der Waals surface area (Å²) in [5.41, 5.74) is 3.15. The SMILES string of the molecule is Cc1[nH]c(C=O)cc1C(=O)N1CCN([C@H](C)c2ccsc2)CC1. The van der Waals surface area contributed by atoms with E-state index in [1.165, 1.54) is 5.56 Å². The number of thiophene rings is 1. The van der Waals surface area contributed by atoms with Crippen LogP contribution in [0, 0.1) is 6.92 Å². The second-order valence-corrected chi connectivity index (χ2v) is 6.72. The molecule has 0 spiro atoms. The molecule has 6 heteroatoms. The molecule has 1 atom stereocenters. The molecular weight excluding hydrogens is 310 g/mol. The number of aromatic nitrogens is 1. The molecular formula is C17H21N3O2S. The number of aldehydes is 1. The van der Waals surface area contributed by atoms with Crippen LogP contribution in [-0.2, 0) is 0 Å². The Morgan fingerprint density at radius 2 is 2.09 bits per heavy atom. The smallest absolute Gasteiger partial charge is 0.255 e. The molecule has 0 bridgehead atoms. The highest BCUT2D eigenvalue weighted by Crippen LogP contribution is 2.24. The average Bonchev–Trinajstić information content (AvgIpc) is 3.23. The van der Waals surface area contributed by atoms with Gasteiger partial charge in [-0.15, -0.1) is 0 Å². The molecule has 0 unspecified atom stereocenters. The highest BCUT2D eigenvalue weighted by atomic mass is 32.1. The summed E-state index contributed by atoms with van der Waals surface area (Å²) in [7, 11) is 0. The fourth-order valence-electron chi connectivity index (χ4n) is 3.08. The summed E-state index contributed by atoms with van der Waals surface area (Å²) >= 11 is 1.72. The van der Waals surface area contributed by atoms with Crippen LogP contribution in [0.15, 0.2) is 22.9 Å². The van der Waals surface area contributed by atoms with Crippen LogP contribution in [0.4, 0.5) is 0 Å². The van der Waals surface area contributed by atoms with Crippen LogP contribution in [0.3, 0.4) is 0 Å². The Kier molecular flexibility index (Phi) is 4.63. The summed E-state index contributed by atoms with van der Waals surface area (Å²) in [6.07, 6.45) is 0.740. The molecule has 2 aromatic heterocycles. The first-order valence-electron chi connectivity index (χ1n) is 7.80. The van der Waals surface area contributed by atoms with E-state index in [2.05, 4.69) is 33.6 Å². The van der Waals surface area contributed by atoms with Gasteiger partial charge in [-0.3, -0.25) is 14.5 Å². The van der Waals surface area contributed by atoms with Gasteiger partial charge >= 0.3 is 0 Å². The minimum Gasteiger partial charge on any atom is -0.356 e. The summed E-state index contributed by atoms with van der Waals surface area (Å²) in [5, 5.41) is 4.29. The predicted octanol–water partition coefficient (Wildman–Crippen LogP) is 2.72. The number of hydrogen-bond acceptors (Lipinski definition) is 4. The van der Waals surface area contributed by atoms with Crippen LogP contribution < -0.4 is 0 Å². The topological polar surface area (TPSA) is 56.4 Å². The van der Waals surface area contributed by atoms with Crippen LogP contribution in [0.1, 0.15) is 45.1 Å². The highest BCUT2D eigenvalue weighted by molar-refractivity contribution is 7.07. The first-order chi connectivity index (χ1) is 11.1. The molecule has 23 heavy (non-hydrogen) atoms. The molecule has 1 N–H and O–H groups in total. The Morgan fingerprint density at radius 3 is 2.65 bits per heavy atom. The van der Waals surface area contributed by atoms with Crippen LogP contribution in [0.25, 0.3) is 0 Å². The number of amides is 1. The fourth-order valence-corrected chi connectivity index (χ4v) is 3.82. The maximum Gasteiger partial charge on any atom is 0.255 e. The Morgan fingerprint density at radius 1 is 1.35 bits per heavy atom. The maximum atomic E-state index is 12.6. The molecule has 3 heterocycles. The third-order valence-corrected chi connectivity index (χ3v) is 5.27. The number of carbonyl (C=O) groups is 2. The van der Waals surface area contributed by atoms with Gasteiger partial charge in [0.15, 0.2) is 6.29 Å². The number of nitrogens with zero attached hydrogens (tertiary/aromatic N) is 2. The Bertz CT molecular complexity index is 685. The lowest BCUT2D eigenvalue weighted by Crippen LogP contribution is -2.49. The van der Waals surface area contributed by atoms with Crippen LogP contribution >= 0.6 is 11.3 Å². The number of aryl methyl sites for hydroxylation is 1. The number of rotatable bonds is 4. The van der Waals surface area contributed by atoms with Crippen LogP contribution in [0.5, 0.6) is 0 Å². The molecule has 122 valence electrons. The van der Waals surface area contributed by atoms with Crippen molar-refractivity contribution in [1.29, 1.82) is 0 Å². The van der Waals surface area contributed by atoms with Gasteiger partial charge < -0.3 is 9.88 Å². The summed E-state index contributed by atoms with van der Waals surface area (Å²) in [6.45, 7) is 7.21. The molecule has 5 nitrogen and oxygen atoms in total. The number of H-pyrrole nitrogens is 1. The summed E-state index contributed by atoms with van der Waals surface area (Å²) in [4.78, 5) is 30.7. The van der Waals surface area contributed by atoms with Gasteiger partial charge in [0.1, 0.15) is 0 Å². The third kappa shape index (κ3) is 3.23. The molecule has 2 aromatic rings. The van der Waals surface area contributed by atoms with E-state index in [9.17, 15) is 9.59 Å². The van der Waals surface area contributed by atoms with Gasteiger partial charge in [0.2, 0.25) is 0 Å². The van der Waals surface area contributed by atoms with E-state index < -0.39 is 0 Å². The summed E-state index contributed by atoms with van der Waals surface area (Å²) in [6, 6.07) is 4.19. The van der Waals surface area contributed by atoms with Crippen molar-refractivity contribution in [2.75, 3.05) is 26.2 Å². The summed E-state index contributed by atoms with van der Waals surface area (Å²) < 4.78 is 0. The third-order valence-electron chi connectivity index (χ3n) is 4.57. The van der Waals surface area contributed by atoms with E-state index in [4.69, 9.17) is 0 Å². The zero-order valence-electron chi connectivity index (χ0n) is 13.4. The fraction of sp³-hybridized carbons (Fsp3) is 0.412. The zero-order chi connectivity index (χ0) is 16.4. The van der Waals surface area contributed by atoms with Gasteiger partial charge in [-0.25, -0.2) is 0 Å². The van der Waals surface area contributed by atoms with Gasteiger partial charge in [-0.05, 0) is 42.3 Å². The largest absolute Gasteiger partial charge is 0.356 e. The van der Waals surface area contributed by atoms with Crippen molar-refractivity contribution in [3.63, 3.8) is 0 Å². The summed E-state index contributed by atoms with van der Waals surface area (Å²) in [5.74, 6) is 0.00897. The molecule has 1 amide bonds. The van der Waals surface area contributed by atoms with Crippen molar-refractivity contribution in [1.82, 2.24) is 14.8 Å². The van der Waals surface area contributed by atoms with Gasteiger partial charge in [-0.1, -0.05) is 0 Å². The van der Waals surface area contributed by atoms with Gasteiger partial charge in [-0.2, -0.15) is 11.3 Å². The van der Waals surface area contributed by atoms with Crippen molar-refractivity contribution in [2.24, 2.45) is 0 Å². The van der Waals surface area contributed by atoms with E-state index in [0.29, 0.717) is 30.4 Å². The molecule has 1 fully saturated rings. The van der Waals surface area contributed by atoms with E-state index in [1.807, 2.05) is 11.8 Å². The van der Waals surface area contributed by atoms with Crippen molar-refractivity contribution in [3.05, 3.63) is 45.4 Å². The Labute approximate surface area is 139 Å². The van der Waals surface area contributed by atoms with Gasteiger partial charge in [0.05, 0.1) is 11.3 Å². The number of carbonyl (C=O) groups excluding carboxylic acids is 2. The number of aromatic amines is 1. The molecule has 0 aromatic carbocycles. The molecule has 0 saturated carbocycles. The maximum absolute atomic E-state index is 12.6. The van der Waals surface area contributed by atoms with Crippen molar-refractivity contribution in [3.8, 4) is 0 Å². The first-order valence-corrected chi connectivity index (χ1v) is 8.74. The molecule has 1 saturated heterocycles.